The van der Waals surface area contributed by atoms with Gasteiger partial charge in [0.1, 0.15) is 5.82 Å². The number of hydrogen-bond donors (Lipinski definition) is 2. The maximum atomic E-state index is 13.8. The van der Waals surface area contributed by atoms with Crippen molar-refractivity contribution >= 4 is 28.9 Å². The first-order valence-corrected chi connectivity index (χ1v) is 8.27. The molecule has 1 atom stereocenters. The summed E-state index contributed by atoms with van der Waals surface area (Å²) in [6.45, 7) is 3.05. The Bertz CT molecular complexity index is 733. The van der Waals surface area contributed by atoms with E-state index in [4.69, 9.17) is 11.6 Å². The Morgan fingerprint density at radius 2 is 2.17 bits per heavy atom. The molecule has 2 N–H and O–H groups in total. The summed E-state index contributed by atoms with van der Waals surface area (Å²) in [6, 6.07) is 12.4. The van der Waals surface area contributed by atoms with Crippen molar-refractivity contribution in [1.82, 2.24) is 5.43 Å². The molecule has 1 unspecified atom stereocenters. The summed E-state index contributed by atoms with van der Waals surface area (Å²) < 4.78 is 13.8. The zero-order valence-electron chi connectivity index (χ0n) is 13.4. The smallest absolute Gasteiger partial charge is 0.228 e. The number of hydrazine groups is 1. The molecule has 4 nitrogen and oxygen atoms in total. The van der Waals surface area contributed by atoms with Crippen LogP contribution in [0, 0.1) is 5.82 Å². The Labute approximate surface area is 145 Å². The third-order valence-corrected chi connectivity index (χ3v) is 4.36. The van der Waals surface area contributed by atoms with E-state index in [1.165, 1.54) is 12.1 Å². The Hall–Kier alpha value is -2.11. The van der Waals surface area contributed by atoms with E-state index in [2.05, 4.69) is 22.7 Å². The number of benzene rings is 2. The number of nitrogens with zero attached hydrogens (tertiary/aromatic N) is 1. The molecule has 0 saturated carbocycles. The largest absolute Gasteiger partial charge is 0.326 e. The van der Waals surface area contributed by atoms with Gasteiger partial charge in [-0.15, -0.1) is 0 Å². The second-order valence-corrected chi connectivity index (χ2v) is 6.35. The van der Waals surface area contributed by atoms with Crippen molar-refractivity contribution in [2.75, 3.05) is 16.9 Å². The van der Waals surface area contributed by atoms with Crippen LogP contribution in [0.2, 0.25) is 5.02 Å². The lowest BCUT2D eigenvalue weighted by molar-refractivity contribution is -0.115. The standard InChI is InChI=1S/C18H19ClFN3O/c1-12-8-9-23(22-12)14-5-2-4-13(10-14)21-18(24)11-15-16(19)6-3-7-17(15)20/h2-7,10,12,22H,8-9,11H2,1H3,(H,21,24). The molecule has 0 radical (unpaired) electrons. The van der Waals surface area contributed by atoms with Crippen LogP contribution in [0.1, 0.15) is 18.9 Å². The average Bonchev–Trinajstić information content (AvgIpc) is 2.98. The van der Waals surface area contributed by atoms with Gasteiger partial charge in [0.05, 0.1) is 12.1 Å². The molecule has 24 heavy (non-hydrogen) atoms. The molecular formula is C18H19ClFN3O. The summed E-state index contributed by atoms with van der Waals surface area (Å²) in [5, 5.41) is 5.12. The van der Waals surface area contributed by atoms with Gasteiger partial charge in [0, 0.05) is 28.9 Å². The minimum Gasteiger partial charge on any atom is -0.326 e. The van der Waals surface area contributed by atoms with Crippen molar-refractivity contribution < 1.29 is 9.18 Å². The predicted octanol–water partition coefficient (Wildman–Crippen LogP) is 3.76. The van der Waals surface area contributed by atoms with Gasteiger partial charge in [0.15, 0.2) is 0 Å². The average molecular weight is 348 g/mol. The lowest BCUT2D eigenvalue weighted by atomic mass is 10.1. The SMILES string of the molecule is CC1CCN(c2cccc(NC(=O)Cc3c(F)cccc3Cl)c2)N1. The minimum atomic E-state index is -0.471. The van der Waals surface area contributed by atoms with Gasteiger partial charge in [0.25, 0.3) is 0 Å². The number of amides is 1. The Balaban J connectivity index is 1.68. The van der Waals surface area contributed by atoms with Crippen LogP contribution < -0.4 is 15.8 Å². The lowest BCUT2D eigenvalue weighted by Crippen LogP contribution is -2.34. The first-order chi connectivity index (χ1) is 11.5. The molecule has 0 aliphatic carbocycles. The Morgan fingerprint density at radius 1 is 1.38 bits per heavy atom. The van der Waals surface area contributed by atoms with Gasteiger partial charge in [0.2, 0.25) is 5.91 Å². The summed E-state index contributed by atoms with van der Waals surface area (Å²) in [6.07, 6.45) is 0.969. The van der Waals surface area contributed by atoms with Crippen LogP contribution in [0.4, 0.5) is 15.8 Å². The summed E-state index contributed by atoms with van der Waals surface area (Å²) in [7, 11) is 0. The van der Waals surface area contributed by atoms with E-state index in [1.807, 2.05) is 24.3 Å². The van der Waals surface area contributed by atoms with Crippen LogP contribution in [0.25, 0.3) is 0 Å². The van der Waals surface area contributed by atoms with Crippen molar-refractivity contribution in [3.63, 3.8) is 0 Å². The second-order valence-electron chi connectivity index (χ2n) is 5.95. The summed E-state index contributed by atoms with van der Waals surface area (Å²) in [5.74, 6) is -0.774. The van der Waals surface area contributed by atoms with Gasteiger partial charge >= 0.3 is 0 Å². The Morgan fingerprint density at radius 3 is 2.88 bits per heavy atom. The number of rotatable bonds is 4. The first-order valence-electron chi connectivity index (χ1n) is 7.89. The molecule has 126 valence electrons. The predicted molar refractivity (Wildman–Crippen MR) is 94.7 cm³/mol. The number of carbonyl (C=O) groups excluding carboxylic acids is 1. The van der Waals surface area contributed by atoms with Gasteiger partial charge in [-0.05, 0) is 43.7 Å². The molecule has 2 aromatic carbocycles. The molecule has 0 bridgehead atoms. The van der Waals surface area contributed by atoms with E-state index in [9.17, 15) is 9.18 Å². The van der Waals surface area contributed by atoms with Crippen molar-refractivity contribution in [3.05, 3.63) is 58.9 Å². The molecule has 3 rings (SSSR count). The normalized spacial score (nSPS) is 17.1. The van der Waals surface area contributed by atoms with Crippen molar-refractivity contribution in [3.8, 4) is 0 Å². The topological polar surface area (TPSA) is 44.4 Å². The molecule has 1 saturated heterocycles. The van der Waals surface area contributed by atoms with E-state index in [0.29, 0.717) is 11.7 Å². The van der Waals surface area contributed by atoms with Crippen LogP contribution in [0.5, 0.6) is 0 Å². The van der Waals surface area contributed by atoms with Crippen LogP contribution in [0.3, 0.4) is 0 Å². The van der Waals surface area contributed by atoms with Gasteiger partial charge in [-0.25, -0.2) is 9.82 Å². The monoisotopic (exact) mass is 347 g/mol. The fourth-order valence-electron chi connectivity index (χ4n) is 2.74. The highest BCUT2D eigenvalue weighted by Gasteiger charge is 2.18. The number of halogens is 2. The third kappa shape index (κ3) is 3.86. The highest BCUT2D eigenvalue weighted by atomic mass is 35.5. The summed E-state index contributed by atoms with van der Waals surface area (Å²) >= 11 is 5.97. The molecule has 1 aliphatic rings. The van der Waals surface area contributed by atoms with E-state index in [0.717, 1.165) is 18.7 Å². The molecular weight excluding hydrogens is 329 g/mol. The third-order valence-electron chi connectivity index (χ3n) is 4.00. The molecule has 1 aliphatic heterocycles. The van der Waals surface area contributed by atoms with Crippen LogP contribution in [0.15, 0.2) is 42.5 Å². The zero-order chi connectivity index (χ0) is 17.1. The minimum absolute atomic E-state index is 0.102. The van der Waals surface area contributed by atoms with Gasteiger partial charge in [-0.3, -0.25) is 4.79 Å². The van der Waals surface area contributed by atoms with Crippen LogP contribution in [-0.4, -0.2) is 18.5 Å². The molecule has 1 amide bonds. The first kappa shape index (κ1) is 16.7. The van der Waals surface area contributed by atoms with Crippen LogP contribution >= 0.6 is 11.6 Å². The van der Waals surface area contributed by atoms with Gasteiger partial charge in [-0.2, -0.15) is 0 Å². The highest BCUT2D eigenvalue weighted by molar-refractivity contribution is 6.31. The number of nitrogens with one attached hydrogen (secondary N) is 2. The van der Waals surface area contributed by atoms with Crippen molar-refractivity contribution in [2.45, 2.75) is 25.8 Å². The Kier molecular flexibility index (Phi) is 5.02. The molecule has 2 aromatic rings. The fraction of sp³-hybridized carbons (Fsp3) is 0.278. The van der Waals surface area contributed by atoms with Crippen molar-refractivity contribution in [2.24, 2.45) is 0 Å². The van der Waals surface area contributed by atoms with E-state index in [-0.39, 0.29) is 22.9 Å². The highest BCUT2D eigenvalue weighted by Crippen LogP contribution is 2.23. The molecule has 1 heterocycles. The van der Waals surface area contributed by atoms with Crippen molar-refractivity contribution in [1.29, 1.82) is 0 Å². The fourth-order valence-corrected chi connectivity index (χ4v) is 2.97. The van der Waals surface area contributed by atoms with E-state index < -0.39 is 5.82 Å². The van der Waals surface area contributed by atoms with E-state index >= 15 is 0 Å². The van der Waals surface area contributed by atoms with Gasteiger partial charge in [-0.1, -0.05) is 23.7 Å². The molecule has 6 heteroatoms. The lowest BCUT2D eigenvalue weighted by Gasteiger charge is -2.20. The number of hydrogen-bond acceptors (Lipinski definition) is 3. The van der Waals surface area contributed by atoms with E-state index in [1.54, 1.807) is 6.07 Å². The summed E-state index contributed by atoms with van der Waals surface area (Å²) in [4.78, 5) is 12.2. The van der Waals surface area contributed by atoms with Crippen LogP contribution in [-0.2, 0) is 11.2 Å². The number of anilines is 2. The van der Waals surface area contributed by atoms with Gasteiger partial charge < -0.3 is 10.3 Å². The number of carbonyl (C=O) groups is 1. The zero-order valence-corrected chi connectivity index (χ0v) is 14.1. The maximum absolute atomic E-state index is 13.8. The molecule has 0 spiro atoms. The maximum Gasteiger partial charge on any atom is 0.228 e. The summed E-state index contributed by atoms with van der Waals surface area (Å²) in [5.41, 5.74) is 5.23. The second kappa shape index (κ2) is 7.20. The molecule has 1 fully saturated rings. The molecule has 0 aromatic heterocycles. The quantitative estimate of drug-likeness (QED) is 0.885.